The van der Waals surface area contributed by atoms with Crippen molar-refractivity contribution in [1.29, 1.82) is 0 Å². The van der Waals surface area contributed by atoms with Crippen molar-refractivity contribution in [3.05, 3.63) is 46.1 Å². The van der Waals surface area contributed by atoms with E-state index in [-0.39, 0.29) is 17.6 Å². The van der Waals surface area contributed by atoms with Crippen LogP contribution in [-0.4, -0.2) is 34.5 Å². The normalized spacial score (nSPS) is 16.5. The summed E-state index contributed by atoms with van der Waals surface area (Å²) in [5.41, 5.74) is 2.40. The summed E-state index contributed by atoms with van der Waals surface area (Å²) >= 11 is 0. The maximum Gasteiger partial charge on any atom is 0.319 e. The molecule has 1 aliphatic rings. The largest absolute Gasteiger partial charge is 0.383 e. The number of methoxy groups -OCH3 is 1. The van der Waals surface area contributed by atoms with Gasteiger partial charge in [-0.25, -0.2) is 4.79 Å². The van der Waals surface area contributed by atoms with Crippen LogP contribution in [0, 0.1) is 0 Å². The minimum Gasteiger partial charge on any atom is -0.383 e. The number of nitrogens with one attached hydrogen (secondary N) is 3. The van der Waals surface area contributed by atoms with Gasteiger partial charge in [0.25, 0.3) is 0 Å². The van der Waals surface area contributed by atoms with E-state index in [0.29, 0.717) is 18.8 Å². The number of rotatable bonds is 5. The Morgan fingerprint density at radius 2 is 2.38 bits per heavy atom. The second kappa shape index (κ2) is 7.31. The van der Waals surface area contributed by atoms with Crippen LogP contribution in [0.2, 0.25) is 0 Å². The Morgan fingerprint density at radius 1 is 1.50 bits per heavy atom. The summed E-state index contributed by atoms with van der Waals surface area (Å²) in [4.78, 5) is 26.5. The molecule has 0 aromatic carbocycles. The van der Waals surface area contributed by atoms with Crippen LogP contribution in [-0.2, 0) is 17.7 Å². The van der Waals surface area contributed by atoms with Crippen LogP contribution < -0.4 is 16.2 Å². The van der Waals surface area contributed by atoms with E-state index < -0.39 is 0 Å². The summed E-state index contributed by atoms with van der Waals surface area (Å²) in [6.45, 7) is 1.19. The summed E-state index contributed by atoms with van der Waals surface area (Å²) in [5.74, 6) is 0. The summed E-state index contributed by atoms with van der Waals surface area (Å²) in [7, 11) is 1.63. The molecule has 1 atom stereocenters. The molecular weight excluding hydrogens is 310 g/mol. The first-order valence-corrected chi connectivity index (χ1v) is 7.96. The number of H-pyrrole nitrogens is 1. The van der Waals surface area contributed by atoms with Crippen LogP contribution in [0.4, 0.5) is 10.5 Å². The third-order valence-electron chi connectivity index (χ3n) is 4.05. The number of hydrogen-bond donors (Lipinski definition) is 3. The van der Waals surface area contributed by atoms with Crippen molar-refractivity contribution in [2.45, 2.75) is 31.8 Å². The summed E-state index contributed by atoms with van der Waals surface area (Å²) in [6.07, 6.45) is 5.95. The molecule has 0 radical (unpaired) electrons. The zero-order valence-electron chi connectivity index (χ0n) is 13.5. The number of aromatic nitrogens is 3. The van der Waals surface area contributed by atoms with E-state index in [2.05, 4.69) is 20.7 Å². The number of aryl methyl sites for hydroxylation is 1. The van der Waals surface area contributed by atoms with Crippen molar-refractivity contribution >= 4 is 11.7 Å². The van der Waals surface area contributed by atoms with Gasteiger partial charge in [-0.15, -0.1) is 0 Å². The number of anilines is 1. The standard InChI is InChI=1S/C16H21N5O3/c1-24-8-7-21-10-11(9-17-21)18-16(23)20-14-4-2-3-13-12(14)5-6-15(22)19-13/h5-6,9-10,14H,2-4,7-8H2,1H3,(H,19,22)(H2,18,20,23). The van der Waals surface area contributed by atoms with Gasteiger partial charge in [0.15, 0.2) is 0 Å². The van der Waals surface area contributed by atoms with Gasteiger partial charge in [-0.2, -0.15) is 5.10 Å². The van der Waals surface area contributed by atoms with Gasteiger partial charge in [-0.05, 0) is 30.9 Å². The molecule has 0 aliphatic heterocycles. The van der Waals surface area contributed by atoms with Crippen molar-refractivity contribution in [2.24, 2.45) is 0 Å². The number of carbonyl (C=O) groups is 1. The number of hydrogen-bond acceptors (Lipinski definition) is 4. The number of carbonyl (C=O) groups excluding carboxylic acids is 1. The lowest BCUT2D eigenvalue weighted by molar-refractivity contribution is 0.183. The van der Waals surface area contributed by atoms with Crippen LogP contribution in [0.1, 0.15) is 30.1 Å². The predicted octanol–water partition coefficient (Wildman–Crippen LogP) is 1.42. The highest BCUT2D eigenvalue weighted by Gasteiger charge is 2.22. The van der Waals surface area contributed by atoms with Crippen molar-refractivity contribution in [2.75, 3.05) is 19.0 Å². The molecule has 2 heterocycles. The molecule has 1 unspecified atom stereocenters. The van der Waals surface area contributed by atoms with E-state index >= 15 is 0 Å². The highest BCUT2D eigenvalue weighted by atomic mass is 16.5. The van der Waals surface area contributed by atoms with Crippen molar-refractivity contribution in [3.8, 4) is 0 Å². The van der Waals surface area contributed by atoms with Crippen LogP contribution in [0.25, 0.3) is 0 Å². The average molecular weight is 331 g/mol. The number of urea groups is 1. The van der Waals surface area contributed by atoms with Crippen LogP contribution in [0.5, 0.6) is 0 Å². The lowest BCUT2D eigenvalue weighted by atomic mass is 9.91. The molecule has 8 nitrogen and oxygen atoms in total. The fourth-order valence-corrected chi connectivity index (χ4v) is 2.91. The minimum atomic E-state index is -0.287. The second-order valence-corrected chi connectivity index (χ2v) is 5.78. The summed E-state index contributed by atoms with van der Waals surface area (Å²) < 4.78 is 6.70. The lowest BCUT2D eigenvalue weighted by Crippen LogP contribution is -2.35. The van der Waals surface area contributed by atoms with Gasteiger partial charge in [-0.1, -0.05) is 0 Å². The third kappa shape index (κ3) is 3.83. The lowest BCUT2D eigenvalue weighted by Gasteiger charge is -2.25. The average Bonchev–Trinajstić information content (AvgIpc) is 3.00. The summed E-state index contributed by atoms with van der Waals surface area (Å²) in [5, 5.41) is 9.90. The molecule has 128 valence electrons. The number of aromatic amines is 1. The van der Waals surface area contributed by atoms with Crippen LogP contribution in [0.3, 0.4) is 0 Å². The zero-order chi connectivity index (χ0) is 16.9. The Morgan fingerprint density at radius 3 is 3.21 bits per heavy atom. The first-order chi connectivity index (χ1) is 11.7. The van der Waals surface area contributed by atoms with Gasteiger partial charge in [0.1, 0.15) is 0 Å². The van der Waals surface area contributed by atoms with Crippen LogP contribution in [0.15, 0.2) is 29.3 Å². The van der Waals surface area contributed by atoms with Crippen LogP contribution >= 0.6 is 0 Å². The van der Waals surface area contributed by atoms with E-state index in [4.69, 9.17) is 4.74 Å². The number of amides is 2. The fourth-order valence-electron chi connectivity index (χ4n) is 2.91. The Bertz CT molecular complexity index is 767. The molecule has 3 N–H and O–H groups in total. The van der Waals surface area contributed by atoms with Gasteiger partial charge >= 0.3 is 6.03 Å². The summed E-state index contributed by atoms with van der Waals surface area (Å²) in [6, 6.07) is 2.90. The number of ether oxygens (including phenoxy) is 1. The smallest absolute Gasteiger partial charge is 0.319 e. The molecule has 8 heteroatoms. The first kappa shape index (κ1) is 16.3. The molecule has 2 amide bonds. The molecule has 0 saturated carbocycles. The van der Waals surface area contributed by atoms with Gasteiger partial charge in [-0.3, -0.25) is 9.48 Å². The molecular formula is C16H21N5O3. The van der Waals surface area contributed by atoms with Gasteiger partial charge in [0.2, 0.25) is 5.56 Å². The predicted molar refractivity (Wildman–Crippen MR) is 89.0 cm³/mol. The number of nitrogens with zero attached hydrogens (tertiary/aromatic N) is 2. The Hall–Kier alpha value is -2.61. The SMILES string of the molecule is COCCn1cc(NC(=O)NC2CCCc3[nH]c(=O)ccc32)cn1. The maximum absolute atomic E-state index is 12.2. The van der Waals surface area contributed by atoms with E-state index in [1.54, 1.807) is 30.3 Å². The molecule has 0 spiro atoms. The molecule has 1 aliphatic carbocycles. The minimum absolute atomic E-state index is 0.103. The third-order valence-corrected chi connectivity index (χ3v) is 4.05. The second-order valence-electron chi connectivity index (χ2n) is 5.78. The number of pyridine rings is 1. The molecule has 0 fully saturated rings. The van der Waals surface area contributed by atoms with Gasteiger partial charge in [0, 0.05) is 25.1 Å². The first-order valence-electron chi connectivity index (χ1n) is 7.96. The highest BCUT2D eigenvalue weighted by molar-refractivity contribution is 5.89. The van der Waals surface area contributed by atoms with E-state index in [1.807, 2.05) is 0 Å². The topological polar surface area (TPSA) is 101 Å². The monoisotopic (exact) mass is 331 g/mol. The van der Waals surface area contributed by atoms with Gasteiger partial charge < -0.3 is 20.4 Å². The Balaban J connectivity index is 1.61. The molecule has 0 saturated heterocycles. The molecule has 2 aromatic heterocycles. The molecule has 24 heavy (non-hydrogen) atoms. The van der Waals surface area contributed by atoms with Crippen molar-refractivity contribution in [3.63, 3.8) is 0 Å². The van der Waals surface area contributed by atoms with E-state index in [0.717, 1.165) is 30.5 Å². The molecule has 0 bridgehead atoms. The van der Waals surface area contributed by atoms with E-state index in [1.165, 1.54) is 6.07 Å². The maximum atomic E-state index is 12.2. The van der Waals surface area contributed by atoms with Gasteiger partial charge in [0.05, 0.1) is 31.1 Å². The van der Waals surface area contributed by atoms with E-state index in [9.17, 15) is 9.59 Å². The number of fused-ring (bicyclic) bond motifs is 1. The molecule has 3 rings (SSSR count). The van der Waals surface area contributed by atoms with Crippen molar-refractivity contribution < 1.29 is 9.53 Å². The Kier molecular flexibility index (Phi) is 4.95. The zero-order valence-corrected chi connectivity index (χ0v) is 13.5. The highest BCUT2D eigenvalue weighted by Crippen LogP contribution is 2.27. The fraction of sp³-hybridized carbons (Fsp3) is 0.438. The van der Waals surface area contributed by atoms with Crippen molar-refractivity contribution in [1.82, 2.24) is 20.1 Å². The Labute approximate surface area is 139 Å². The molecule has 2 aromatic rings. The quantitative estimate of drug-likeness (QED) is 0.771.